The van der Waals surface area contributed by atoms with Gasteiger partial charge in [-0.2, -0.15) is 0 Å². The van der Waals surface area contributed by atoms with E-state index in [1.165, 1.54) is 13.0 Å². The van der Waals surface area contributed by atoms with Crippen molar-refractivity contribution in [2.24, 2.45) is 0 Å². The number of Topliss-reactive ketones (excluding diaryl/α,β-unsaturated/α-hetero) is 2. The Morgan fingerprint density at radius 2 is 1.79 bits per heavy atom. The standard InChI is InChI=1S/C22H24FNO4/c1-13-19(15(3)25)14(2)24-20(13)18(26)12-28-21(27)22(10-6-7-11-22)16-8-4-5-9-17(16)23/h4-5,8-9,24H,6-7,10-12H2,1-3H3. The van der Waals surface area contributed by atoms with E-state index < -0.39 is 29.6 Å². The lowest BCUT2D eigenvalue weighted by molar-refractivity contribution is -0.149. The van der Waals surface area contributed by atoms with Crippen LogP contribution in [0.3, 0.4) is 0 Å². The van der Waals surface area contributed by atoms with Gasteiger partial charge in [0.25, 0.3) is 0 Å². The fourth-order valence-corrected chi connectivity index (χ4v) is 4.31. The molecule has 1 aliphatic carbocycles. The lowest BCUT2D eigenvalue weighted by Gasteiger charge is -2.27. The summed E-state index contributed by atoms with van der Waals surface area (Å²) < 4.78 is 19.7. The molecule has 1 saturated carbocycles. The van der Waals surface area contributed by atoms with Crippen LogP contribution in [-0.2, 0) is 14.9 Å². The summed E-state index contributed by atoms with van der Waals surface area (Å²) in [6, 6.07) is 6.23. The normalized spacial score (nSPS) is 15.4. The lowest BCUT2D eigenvalue weighted by atomic mass is 9.78. The predicted octanol–water partition coefficient (Wildman–Crippen LogP) is 4.21. The summed E-state index contributed by atoms with van der Waals surface area (Å²) in [6.07, 6.45) is 2.59. The summed E-state index contributed by atoms with van der Waals surface area (Å²) in [5.41, 5.74) is 1.19. The number of benzene rings is 1. The molecule has 3 rings (SSSR count). The van der Waals surface area contributed by atoms with E-state index in [-0.39, 0.29) is 11.5 Å². The van der Waals surface area contributed by atoms with Crippen LogP contribution in [-0.4, -0.2) is 29.1 Å². The highest BCUT2D eigenvalue weighted by molar-refractivity contribution is 6.04. The molecule has 0 radical (unpaired) electrons. The number of esters is 1. The number of halogens is 1. The maximum Gasteiger partial charge on any atom is 0.317 e. The van der Waals surface area contributed by atoms with E-state index in [0.29, 0.717) is 35.2 Å². The average molecular weight is 385 g/mol. The fraction of sp³-hybridized carbons (Fsp3) is 0.409. The third-order valence-corrected chi connectivity index (χ3v) is 5.64. The van der Waals surface area contributed by atoms with Gasteiger partial charge in [-0.25, -0.2) is 4.39 Å². The van der Waals surface area contributed by atoms with Crippen molar-refractivity contribution in [2.45, 2.75) is 51.9 Å². The molecule has 0 amide bonds. The SMILES string of the molecule is CC(=O)c1c(C)[nH]c(C(=O)COC(=O)C2(c3ccccc3F)CCCC2)c1C. The molecule has 148 valence electrons. The van der Waals surface area contributed by atoms with Crippen molar-refractivity contribution in [1.29, 1.82) is 0 Å². The van der Waals surface area contributed by atoms with E-state index in [1.54, 1.807) is 32.0 Å². The zero-order valence-electron chi connectivity index (χ0n) is 16.4. The first-order valence-electron chi connectivity index (χ1n) is 9.43. The first-order chi connectivity index (χ1) is 13.3. The van der Waals surface area contributed by atoms with Crippen molar-refractivity contribution >= 4 is 17.5 Å². The zero-order valence-corrected chi connectivity index (χ0v) is 16.4. The molecule has 0 spiro atoms. The molecule has 5 nitrogen and oxygen atoms in total. The van der Waals surface area contributed by atoms with Gasteiger partial charge in [-0.05, 0) is 45.2 Å². The number of aryl methyl sites for hydroxylation is 1. The number of H-pyrrole nitrogens is 1. The van der Waals surface area contributed by atoms with Crippen molar-refractivity contribution in [2.75, 3.05) is 6.61 Å². The largest absolute Gasteiger partial charge is 0.457 e. The van der Waals surface area contributed by atoms with Gasteiger partial charge in [0.05, 0.1) is 11.1 Å². The lowest BCUT2D eigenvalue weighted by Crippen LogP contribution is -2.36. The zero-order chi connectivity index (χ0) is 20.5. The van der Waals surface area contributed by atoms with Gasteiger partial charge in [0.1, 0.15) is 5.82 Å². The Labute approximate surface area is 163 Å². The topological polar surface area (TPSA) is 76.2 Å². The van der Waals surface area contributed by atoms with Crippen LogP contribution in [0.4, 0.5) is 4.39 Å². The van der Waals surface area contributed by atoms with E-state index in [0.717, 1.165) is 12.8 Å². The van der Waals surface area contributed by atoms with Crippen LogP contribution in [0.15, 0.2) is 24.3 Å². The summed E-state index contributed by atoms with van der Waals surface area (Å²) in [4.78, 5) is 40.2. The Hall–Kier alpha value is -2.76. The molecule has 1 aromatic carbocycles. The Morgan fingerprint density at radius 3 is 2.36 bits per heavy atom. The smallest absolute Gasteiger partial charge is 0.317 e. The first kappa shape index (κ1) is 20.0. The van der Waals surface area contributed by atoms with Crippen LogP contribution in [0.2, 0.25) is 0 Å². The molecule has 6 heteroatoms. The molecule has 0 saturated heterocycles. The summed E-state index contributed by atoms with van der Waals surface area (Å²) >= 11 is 0. The number of ketones is 2. The number of rotatable bonds is 6. The van der Waals surface area contributed by atoms with Gasteiger partial charge in [-0.1, -0.05) is 31.0 Å². The van der Waals surface area contributed by atoms with Crippen LogP contribution in [0.1, 0.15) is 70.3 Å². The van der Waals surface area contributed by atoms with Crippen LogP contribution >= 0.6 is 0 Å². The second kappa shape index (κ2) is 7.70. The van der Waals surface area contributed by atoms with Crippen molar-refractivity contribution in [3.8, 4) is 0 Å². The average Bonchev–Trinajstić information content (AvgIpc) is 3.25. The molecule has 0 aliphatic heterocycles. The number of carbonyl (C=O) groups excluding carboxylic acids is 3. The molecule has 0 atom stereocenters. The predicted molar refractivity (Wildman–Crippen MR) is 102 cm³/mol. The number of aromatic nitrogens is 1. The molecular weight excluding hydrogens is 361 g/mol. The van der Waals surface area contributed by atoms with Crippen LogP contribution < -0.4 is 0 Å². The number of nitrogens with one attached hydrogen (secondary N) is 1. The Kier molecular flexibility index (Phi) is 5.49. The highest BCUT2D eigenvalue weighted by atomic mass is 19.1. The molecule has 1 fully saturated rings. The monoisotopic (exact) mass is 385 g/mol. The van der Waals surface area contributed by atoms with Gasteiger partial charge in [0.2, 0.25) is 5.78 Å². The highest BCUT2D eigenvalue weighted by Gasteiger charge is 2.46. The van der Waals surface area contributed by atoms with Gasteiger partial charge in [0.15, 0.2) is 12.4 Å². The number of hydrogen-bond donors (Lipinski definition) is 1. The molecule has 1 heterocycles. The van der Waals surface area contributed by atoms with E-state index in [4.69, 9.17) is 4.74 Å². The minimum atomic E-state index is -1.04. The number of aromatic amines is 1. The van der Waals surface area contributed by atoms with Gasteiger partial charge in [-0.3, -0.25) is 14.4 Å². The van der Waals surface area contributed by atoms with Crippen molar-refractivity contribution < 1.29 is 23.5 Å². The first-order valence-corrected chi connectivity index (χ1v) is 9.43. The quantitative estimate of drug-likeness (QED) is 0.597. The van der Waals surface area contributed by atoms with Crippen LogP contribution in [0.25, 0.3) is 0 Å². The van der Waals surface area contributed by atoms with Gasteiger partial charge < -0.3 is 9.72 Å². The molecule has 1 aromatic heterocycles. The van der Waals surface area contributed by atoms with Crippen molar-refractivity contribution in [1.82, 2.24) is 4.98 Å². The van der Waals surface area contributed by atoms with Gasteiger partial charge in [0, 0.05) is 16.8 Å². The Balaban J connectivity index is 1.79. The van der Waals surface area contributed by atoms with Crippen LogP contribution in [0, 0.1) is 19.7 Å². The minimum absolute atomic E-state index is 0.133. The molecular formula is C22H24FNO4. The molecule has 28 heavy (non-hydrogen) atoms. The highest BCUT2D eigenvalue weighted by Crippen LogP contribution is 2.43. The fourth-order valence-electron chi connectivity index (χ4n) is 4.31. The third-order valence-electron chi connectivity index (χ3n) is 5.64. The molecule has 1 aliphatic rings. The van der Waals surface area contributed by atoms with Gasteiger partial charge >= 0.3 is 5.97 Å². The van der Waals surface area contributed by atoms with Crippen molar-refractivity contribution in [3.63, 3.8) is 0 Å². The van der Waals surface area contributed by atoms with E-state index in [1.807, 2.05) is 0 Å². The summed E-state index contributed by atoms with van der Waals surface area (Å²) in [5, 5.41) is 0. The minimum Gasteiger partial charge on any atom is -0.457 e. The molecule has 0 unspecified atom stereocenters. The second-order valence-electron chi connectivity index (χ2n) is 7.45. The summed E-state index contributed by atoms with van der Waals surface area (Å²) in [6.45, 7) is 4.40. The maximum absolute atomic E-state index is 14.4. The van der Waals surface area contributed by atoms with E-state index >= 15 is 0 Å². The summed E-state index contributed by atoms with van der Waals surface area (Å²) in [7, 11) is 0. The Bertz CT molecular complexity index is 938. The number of carbonyl (C=O) groups is 3. The molecule has 1 N–H and O–H groups in total. The molecule has 0 bridgehead atoms. The van der Waals surface area contributed by atoms with Crippen molar-refractivity contribution in [3.05, 3.63) is 58.2 Å². The maximum atomic E-state index is 14.4. The second-order valence-corrected chi connectivity index (χ2v) is 7.45. The Morgan fingerprint density at radius 1 is 1.14 bits per heavy atom. The summed E-state index contributed by atoms with van der Waals surface area (Å²) in [5.74, 6) is -1.55. The number of hydrogen-bond acceptors (Lipinski definition) is 4. The molecule has 2 aromatic rings. The third kappa shape index (κ3) is 3.39. The van der Waals surface area contributed by atoms with E-state index in [9.17, 15) is 18.8 Å². The van der Waals surface area contributed by atoms with Gasteiger partial charge in [-0.15, -0.1) is 0 Å². The number of ether oxygens (including phenoxy) is 1. The van der Waals surface area contributed by atoms with Crippen LogP contribution in [0.5, 0.6) is 0 Å². The van der Waals surface area contributed by atoms with E-state index in [2.05, 4.69) is 4.98 Å².